The molecule has 0 spiro atoms. The molecule has 0 aliphatic carbocycles. The molecule has 0 bridgehead atoms. The van der Waals surface area contributed by atoms with E-state index in [2.05, 4.69) is 15.5 Å². The summed E-state index contributed by atoms with van der Waals surface area (Å²) in [4.78, 5) is 23.0. The average molecular weight is 316 g/mol. The first-order valence-electron chi connectivity index (χ1n) is 7.18. The number of carbonyl (C=O) groups excluding carboxylic acids is 1. The van der Waals surface area contributed by atoms with Gasteiger partial charge >= 0.3 is 5.97 Å². The largest absolute Gasteiger partial charge is 0.479 e. The second-order valence-corrected chi connectivity index (χ2v) is 5.36. The number of aromatic nitrogens is 3. The Hall–Kier alpha value is -2.74. The van der Waals surface area contributed by atoms with E-state index in [4.69, 9.17) is 9.84 Å². The molecule has 2 N–H and O–H groups in total. The van der Waals surface area contributed by atoms with Crippen LogP contribution in [0.3, 0.4) is 0 Å². The summed E-state index contributed by atoms with van der Waals surface area (Å²) >= 11 is 0. The predicted molar refractivity (Wildman–Crippen MR) is 80.6 cm³/mol. The van der Waals surface area contributed by atoms with Crippen LogP contribution in [0.1, 0.15) is 12.8 Å². The third kappa shape index (κ3) is 3.21. The molecule has 2 atom stereocenters. The quantitative estimate of drug-likeness (QED) is 0.873. The molecule has 23 heavy (non-hydrogen) atoms. The van der Waals surface area contributed by atoms with Gasteiger partial charge in [-0.05, 0) is 25.0 Å². The molecule has 1 aliphatic heterocycles. The fourth-order valence-electron chi connectivity index (χ4n) is 2.52. The molecule has 2 aromatic rings. The molecule has 0 saturated carbocycles. The minimum atomic E-state index is -1.04. The minimum Gasteiger partial charge on any atom is -0.479 e. The van der Waals surface area contributed by atoms with Gasteiger partial charge in [0, 0.05) is 18.3 Å². The number of nitrogens with zero attached hydrogens (tertiary/aromatic N) is 3. The Bertz CT molecular complexity index is 743. The number of ether oxygens (including phenoxy) is 1. The lowest BCUT2D eigenvalue weighted by molar-refractivity contribution is -0.150. The topological polar surface area (TPSA) is 106 Å². The molecule has 1 aromatic heterocycles. The third-order valence-electron chi connectivity index (χ3n) is 3.69. The van der Waals surface area contributed by atoms with Crippen molar-refractivity contribution in [1.29, 1.82) is 0 Å². The number of aliphatic carboxylic acids is 1. The Balaban J connectivity index is 1.70. The van der Waals surface area contributed by atoms with Crippen molar-refractivity contribution in [3.8, 4) is 11.4 Å². The van der Waals surface area contributed by atoms with Crippen LogP contribution in [-0.4, -0.2) is 44.0 Å². The van der Waals surface area contributed by atoms with Gasteiger partial charge in [-0.1, -0.05) is 12.1 Å². The number of carboxylic acid groups (broad SMARTS) is 1. The van der Waals surface area contributed by atoms with Gasteiger partial charge in [0.15, 0.2) is 11.9 Å². The standard InChI is InChI=1S/C15H16N4O4/c1-19-8-16-18-13(19)9-3-2-4-10(7-9)17-14(20)11-5-6-12(23-11)15(21)22/h2-4,7-8,11-12H,5-6H2,1H3,(H,17,20)(H,21,22)/t11-,12+/m0/s1. The second-order valence-electron chi connectivity index (χ2n) is 5.36. The van der Waals surface area contributed by atoms with E-state index in [-0.39, 0.29) is 5.91 Å². The van der Waals surface area contributed by atoms with Crippen LogP contribution in [0.5, 0.6) is 0 Å². The van der Waals surface area contributed by atoms with Crippen molar-refractivity contribution in [2.45, 2.75) is 25.0 Å². The number of carboxylic acids is 1. The van der Waals surface area contributed by atoms with Crippen LogP contribution in [0.2, 0.25) is 0 Å². The van der Waals surface area contributed by atoms with E-state index >= 15 is 0 Å². The van der Waals surface area contributed by atoms with Crippen molar-refractivity contribution in [2.75, 3.05) is 5.32 Å². The smallest absolute Gasteiger partial charge is 0.332 e. The van der Waals surface area contributed by atoms with E-state index in [9.17, 15) is 9.59 Å². The summed E-state index contributed by atoms with van der Waals surface area (Å²) in [6, 6.07) is 7.20. The Morgan fingerprint density at radius 1 is 1.35 bits per heavy atom. The number of benzene rings is 1. The summed E-state index contributed by atoms with van der Waals surface area (Å²) in [5.74, 6) is -0.697. The average Bonchev–Trinajstić information content (AvgIpc) is 3.16. The van der Waals surface area contributed by atoms with Crippen LogP contribution >= 0.6 is 0 Å². The molecule has 0 radical (unpaired) electrons. The van der Waals surface area contributed by atoms with Gasteiger partial charge in [0.2, 0.25) is 0 Å². The number of aryl methyl sites for hydroxylation is 1. The molecular formula is C15H16N4O4. The van der Waals surface area contributed by atoms with Crippen molar-refractivity contribution in [3.63, 3.8) is 0 Å². The van der Waals surface area contributed by atoms with E-state index < -0.39 is 18.2 Å². The van der Waals surface area contributed by atoms with Gasteiger partial charge in [-0.15, -0.1) is 10.2 Å². The lowest BCUT2D eigenvalue weighted by Gasteiger charge is -2.12. The number of hydrogen-bond donors (Lipinski definition) is 2. The van der Waals surface area contributed by atoms with Crippen molar-refractivity contribution in [3.05, 3.63) is 30.6 Å². The van der Waals surface area contributed by atoms with E-state index in [1.54, 1.807) is 29.1 Å². The molecular weight excluding hydrogens is 300 g/mol. The first-order chi connectivity index (χ1) is 11.0. The molecule has 120 valence electrons. The molecule has 1 aromatic carbocycles. The normalized spacial score (nSPS) is 20.4. The highest BCUT2D eigenvalue weighted by Gasteiger charge is 2.34. The molecule has 1 amide bonds. The zero-order valence-electron chi connectivity index (χ0n) is 12.5. The van der Waals surface area contributed by atoms with Crippen LogP contribution in [0.15, 0.2) is 30.6 Å². The molecule has 8 nitrogen and oxygen atoms in total. The fraction of sp³-hybridized carbons (Fsp3) is 0.333. The molecule has 1 saturated heterocycles. The van der Waals surface area contributed by atoms with Gasteiger partial charge in [-0.25, -0.2) is 4.79 Å². The molecule has 1 fully saturated rings. The SMILES string of the molecule is Cn1cnnc1-c1cccc(NC(=O)[C@@H]2CC[C@H](C(=O)O)O2)c1. The first-order valence-corrected chi connectivity index (χ1v) is 7.18. The Labute approximate surface area is 132 Å². The number of carbonyl (C=O) groups is 2. The highest BCUT2D eigenvalue weighted by molar-refractivity contribution is 5.95. The molecule has 2 heterocycles. The summed E-state index contributed by atoms with van der Waals surface area (Å²) in [5, 5.41) is 19.5. The summed E-state index contributed by atoms with van der Waals surface area (Å²) < 4.78 is 7.02. The monoisotopic (exact) mass is 316 g/mol. The van der Waals surface area contributed by atoms with Gasteiger partial charge in [-0.2, -0.15) is 0 Å². The Morgan fingerprint density at radius 2 is 2.13 bits per heavy atom. The lowest BCUT2D eigenvalue weighted by atomic mass is 10.1. The lowest BCUT2D eigenvalue weighted by Crippen LogP contribution is -2.29. The molecule has 1 aliphatic rings. The number of rotatable bonds is 4. The number of hydrogen-bond acceptors (Lipinski definition) is 5. The van der Waals surface area contributed by atoms with Crippen LogP contribution in [0.25, 0.3) is 11.4 Å². The van der Waals surface area contributed by atoms with Crippen molar-refractivity contribution < 1.29 is 19.4 Å². The van der Waals surface area contributed by atoms with Crippen molar-refractivity contribution >= 4 is 17.6 Å². The predicted octanol–water partition coefficient (Wildman–Crippen LogP) is 1.05. The summed E-state index contributed by atoms with van der Waals surface area (Å²) in [6.45, 7) is 0. The molecule has 3 rings (SSSR count). The highest BCUT2D eigenvalue weighted by Crippen LogP contribution is 2.23. The van der Waals surface area contributed by atoms with Crippen molar-refractivity contribution in [1.82, 2.24) is 14.8 Å². The van der Waals surface area contributed by atoms with Crippen LogP contribution in [0, 0.1) is 0 Å². The summed E-state index contributed by atoms with van der Waals surface area (Å²) in [5.41, 5.74) is 1.41. The maximum atomic E-state index is 12.2. The molecule has 8 heteroatoms. The van der Waals surface area contributed by atoms with E-state index in [1.165, 1.54) is 0 Å². The van der Waals surface area contributed by atoms with Crippen molar-refractivity contribution in [2.24, 2.45) is 7.05 Å². The zero-order chi connectivity index (χ0) is 16.4. The summed E-state index contributed by atoms with van der Waals surface area (Å²) in [6.07, 6.45) is 0.683. The van der Waals surface area contributed by atoms with Gasteiger partial charge in [0.25, 0.3) is 5.91 Å². The van der Waals surface area contributed by atoms with E-state index in [1.807, 2.05) is 13.1 Å². The third-order valence-corrected chi connectivity index (χ3v) is 3.69. The fourth-order valence-corrected chi connectivity index (χ4v) is 2.52. The Morgan fingerprint density at radius 3 is 2.78 bits per heavy atom. The van der Waals surface area contributed by atoms with Gasteiger partial charge in [0.1, 0.15) is 12.4 Å². The van der Waals surface area contributed by atoms with Gasteiger partial charge in [-0.3, -0.25) is 4.79 Å². The summed E-state index contributed by atoms with van der Waals surface area (Å²) in [7, 11) is 1.83. The Kier molecular flexibility index (Phi) is 4.07. The minimum absolute atomic E-state index is 0.340. The number of anilines is 1. The maximum Gasteiger partial charge on any atom is 0.332 e. The van der Waals surface area contributed by atoms with E-state index in [0.717, 1.165) is 5.56 Å². The second kappa shape index (κ2) is 6.17. The molecule has 0 unspecified atom stereocenters. The van der Waals surface area contributed by atoms with Gasteiger partial charge < -0.3 is 19.7 Å². The number of nitrogens with one attached hydrogen (secondary N) is 1. The van der Waals surface area contributed by atoms with Gasteiger partial charge in [0.05, 0.1) is 0 Å². The van der Waals surface area contributed by atoms with Crippen LogP contribution < -0.4 is 5.32 Å². The highest BCUT2D eigenvalue weighted by atomic mass is 16.5. The zero-order valence-corrected chi connectivity index (χ0v) is 12.5. The van der Waals surface area contributed by atoms with Crippen LogP contribution in [-0.2, 0) is 21.4 Å². The first kappa shape index (κ1) is 15.2. The maximum absolute atomic E-state index is 12.2. The van der Waals surface area contributed by atoms with E-state index in [0.29, 0.717) is 24.4 Å². The van der Waals surface area contributed by atoms with Crippen LogP contribution in [0.4, 0.5) is 5.69 Å². The number of amides is 1.